The molecule has 0 unspecified atom stereocenters. The molecule has 4 nitrogen and oxygen atoms in total. The van der Waals surface area contributed by atoms with Gasteiger partial charge in [0.15, 0.2) is 0 Å². The predicted octanol–water partition coefficient (Wildman–Crippen LogP) is 5.75. The summed E-state index contributed by atoms with van der Waals surface area (Å²) in [5.41, 5.74) is 5.35. The lowest BCUT2D eigenvalue weighted by Crippen LogP contribution is -2.20. The maximum Gasteiger partial charge on any atom is 0.221 e. The number of allylic oxidation sites excluding steroid dienone is 1. The molecule has 156 valence electrons. The van der Waals surface area contributed by atoms with E-state index < -0.39 is 0 Å². The molecule has 4 rings (SSSR count). The fourth-order valence-electron chi connectivity index (χ4n) is 3.51. The van der Waals surface area contributed by atoms with Crippen molar-refractivity contribution in [2.45, 2.75) is 16.7 Å². The number of para-hydroxylation sites is 1. The lowest BCUT2D eigenvalue weighted by Gasteiger charge is -2.18. The SMILES string of the molecule is CC(=O)Nc1ccc(Sc2ccccc2/C=C/C2=NCCN(C)c3ccccc32)cc1. The van der Waals surface area contributed by atoms with E-state index in [0.717, 1.165) is 40.5 Å². The molecule has 0 saturated carbocycles. The molecule has 3 aromatic carbocycles. The molecule has 1 N–H and O–H groups in total. The van der Waals surface area contributed by atoms with Crippen LogP contribution in [0.25, 0.3) is 6.08 Å². The molecule has 31 heavy (non-hydrogen) atoms. The molecule has 1 amide bonds. The molecule has 0 spiro atoms. The van der Waals surface area contributed by atoms with Gasteiger partial charge in [-0.2, -0.15) is 0 Å². The molecule has 1 heterocycles. The maximum absolute atomic E-state index is 11.2. The fourth-order valence-corrected chi connectivity index (χ4v) is 4.43. The van der Waals surface area contributed by atoms with Crippen molar-refractivity contribution < 1.29 is 4.79 Å². The minimum Gasteiger partial charge on any atom is -0.372 e. The van der Waals surface area contributed by atoms with Gasteiger partial charge in [0.25, 0.3) is 0 Å². The zero-order valence-electron chi connectivity index (χ0n) is 17.7. The molecular weight excluding hydrogens is 402 g/mol. The number of anilines is 2. The second-order valence-electron chi connectivity index (χ2n) is 7.38. The van der Waals surface area contributed by atoms with Crippen LogP contribution in [-0.4, -0.2) is 31.8 Å². The van der Waals surface area contributed by atoms with Crippen molar-refractivity contribution in [3.8, 4) is 0 Å². The van der Waals surface area contributed by atoms with Crippen molar-refractivity contribution >= 4 is 40.8 Å². The highest BCUT2D eigenvalue weighted by Crippen LogP contribution is 2.32. The molecule has 3 aromatic rings. The van der Waals surface area contributed by atoms with Gasteiger partial charge in [-0.1, -0.05) is 54.2 Å². The summed E-state index contributed by atoms with van der Waals surface area (Å²) in [6.07, 6.45) is 4.27. The summed E-state index contributed by atoms with van der Waals surface area (Å²) < 4.78 is 0. The molecule has 0 aromatic heterocycles. The molecule has 0 bridgehead atoms. The van der Waals surface area contributed by atoms with Crippen molar-refractivity contribution in [3.63, 3.8) is 0 Å². The second-order valence-corrected chi connectivity index (χ2v) is 8.50. The van der Waals surface area contributed by atoms with E-state index >= 15 is 0 Å². The van der Waals surface area contributed by atoms with E-state index in [-0.39, 0.29) is 5.91 Å². The number of carbonyl (C=O) groups excluding carboxylic acids is 1. The lowest BCUT2D eigenvalue weighted by atomic mass is 10.1. The van der Waals surface area contributed by atoms with Crippen molar-refractivity contribution in [1.82, 2.24) is 0 Å². The number of benzodiazepines with no additional fused rings is 1. The molecule has 1 aliphatic heterocycles. The van der Waals surface area contributed by atoms with Gasteiger partial charge in [0.2, 0.25) is 5.91 Å². The third-order valence-electron chi connectivity index (χ3n) is 5.05. The number of likely N-dealkylation sites (N-methyl/N-ethyl adjacent to an activating group) is 1. The Hall–Kier alpha value is -3.31. The van der Waals surface area contributed by atoms with Crippen LogP contribution in [0.5, 0.6) is 0 Å². The summed E-state index contributed by atoms with van der Waals surface area (Å²) in [4.78, 5) is 20.6. The number of rotatable bonds is 5. The average molecular weight is 428 g/mol. The number of hydrogen-bond donors (Lipinski definition) is 1. The van der Waals surface area contributed by atoms with Gasteiger partial charge in [0.1, 0.15) is 0 Å². The van der Waals surface area contributed by atoms with E-state index in [1.807, 2.05) is 24.3 Å². The third-order valence-corrected chi connectivity index (χ3v) is 6.15. The van der Waals surface area contributed by atoms with Gasteiger partial charge in [-0.3, -0.25) is 9.79 Å². The van der Waals surface area contributed by atoms with E-state index in [4.69, 9.17) is 4.99 Å². The normalized spacial score (nSPS) is 13.5. The zero-order chi connectivity index (χ0) is 21.6. The highest BCUT2D eigenvalue weighted by Gasteiger charge is 2.13. The Morgan fingerprint density at radius 1 is 1.00 bits per heavy atom. The van der Waals surface area contributed by atoms with Gasteiger partial charge < -0.3 is 10.2 Å². The van der Waals surface area contributed by atoms with E-state index in [1.165, 1.54) is 17.5 Å². The molecule has 0 saturated heterocycles. The highest BCUT2D eigenvalue weighted by molar-refractivity contribution is 7.99. The Labute approximate surface area is 187 Å². The third kappa shape index (κ3) is 5.25. The van der Waals surface area contributed by atoms with Crippen molar-refractivity contribution in [3.05, 3.63) is 90.0 Å². The Morgan fingerprint density at radius 3 is 2.55 bits per heavy atom. The van der Waals surface area contributed by atoms with Crippen LogP contribution in [0.1, 0.15) is 18.1 Å². The van der Waals surface area contributed by atoms with E-state index in [0.29, 0.717) is 0 Å². The Morgan fingerprint density at radius 2 is 1.74 bits per heavy atom. The maximum atomic E-state index is 11.2. The standard InChI is InChI=1S/C26H25N3OS/c1-19(30)28-21-12-14-22(15-13-21)31-26-10-6-3-7-20(26)11-16-24-23-8-4-5-9-25(23)29(2)18-17-27-24/h3-16H,17-18H2,1-2H3,(H,28,30)/b16-11+. The van der Waals surface area contributed by atoms with Crippen LogP contribution in [0.15, 0.2) is 93.7 Å². The summed E-state index contributed by atoms with van der Waals surface area (Å²) in [5, 5.41) is 2.80. The first-order chi connectivity index (χ1) is 15.1. The van der Waals surface area contributed by atoms with Crippen LogP contribution in [-0.2, 0) is 4.79 Å². The molecule has 0 fully saturated rings. The Balaban J connectivity index is 1.57. The molecular formula is C26H25N3OS. The number of aliphatic imine (C=N–C) groups is 1. The van der Waals surface area contributed by atoms with Gasteiger partial charge in [0.05, 0.1) is 12.3 Å². The van der Waals surface area contributed by atoms with Crippen LogP contribution < -0.4 is 10.2 Å². The summed E-state index contributed by atoms with van der Waals surface area (Å²) in [5.74, 6) is -0.0647. The summed E-state index contributed by atoms with van der Waals surface area (Å²) in [6, 6.07) is 24.7. The lowest BCUT2D eigenvalue weighted by molar-refractivity contribution is -0.114. The van der Waals surface area contributed by atoms with Gasteiger partial charge in [0, 0.05) is 47.2 Å². The Bertz CT molecular complexity index is 1140. The largest absolute Gasteiger partial charge is 0.372 e. The Kier molecular flexibility index (Phi) is 6.53. The van der Waals surface area contributed by atoms with Gasteiger partial charge in [-0.25, -0.2) is 0 Å². The minimum atomic E-state index is -0.0647. The first kappa shape index (κ1) is 20.9. The number of benzene rings is 3. The van der Waals surface area contributed by atoms with Crippen LogP contribution in [0.3, 0.4) is 0 Å². The summed E-state index contributed by atoms with van der Waals surface area (Å²) in [6.45, 7) is 3.21. The number of fused-ring (bicyclic) bond motifs is 1. The van der Waals surface area contributed by atoms with E-state index in [9.17, 15) is 4.79 Å². The van der Waals surface area contributed by atoms with Crippen LogP contribution in [0, 0.1) is 0 Å². The molecule has 0 radical (unpaired) electrons. The minimum absolute atomic E-state index is 0.0647. The highest BCUT2D eigenvalue weighted by atomic mass is 32.2. The average Bonchev–Trinajstić information content (AvgIpc) is 2.93. The van der Waals surface area contributed by atoms with Gasteiger partial charge >= 0.3 is 0 Å². The first-order valence-corrected chi connectivity index (χ1v) is 11.1. The van der Waals surface area contributed by atoms with Crippen LogP contribution in [0.2, 0.25) is 0 Å². The monoisotopic (exact) mass is 427 g/mol. The second kappa shape index (κ2) is 9.67. The molecule has 1 aliphatic rings. The number of nitrogens with one attached hydrogen (secondary N) is 1. The number of amides is 1. The van der Waals surface area contributed by atoms with Crippen LogP contribution in [0.4, 0.5) is 11.4 Å². The van der Waals surface area contributed by atoms with Crippen molar-refractivity contribution in [2.75, 3.05) is 30.4 Å². The molecule has 0 atom stereocenters. The number of nitrogens with zero attached hydrogens (tertiary/aromatic N) is 2. The van der Waals surface area contributed by atoms with E-state index in [1.54, 1.807) is 11.8 Å². The molecule has 5 heteroatoms. The van der Waals surface area contributed by atoms with Crippen molar-refractivity contribution in [1.29, 1.82) is 0 Å². The fraction of sp³-hybridized carbons (Fsp3) is 0.154. The summed E-state index contributed by atoms with van der Waals surface area (Å²) >= 11 is 1.71. The van der Waals surface area contributed by atoms with Gasteiger partial charge in [-0.15, -0.1) is 0 Å². The van der Waals surface area contributed by atoms with E-state index in [2.05, 4.69) is 77.9 Å². The first-order valence-electron chi connectivity index (χ1n) is 10.3. The summed E-state index contributed by atoms with van der Waals surface area (Å²) in [7, 11) is 2.12. The quantitative estimate of drug-likeness (QED) is 0.564. The van der Waals surface area contributed by atoms with Crippen molar-refractivity contribution in [2.24, 2.45) is 4.99 Å². The topological polar surface area (TPSA) is 44.7 Å². The zero-order valence-corrected chi connectivity index (χ0v) is 18.5. The number of carbonyl (C=O) groups is 1. The smallest absolute Gasteiger partial charge is 0.221 e. The van der Waals surface area contributed by atoms with Gasteiger partial charge in [-0.05, 0) is 48.0 Å². The van der Waals surface area contributed by atoms with Crippen LogP contribution >= 0.6 is 11.8 Å². The molecule has 0 aliphatic carbocycles. The predicted molar refractivity (Wildman–Crippen MR) is 131 cm³/mol. The number of hydrogen-bond acceptors (Lipinski definition) is 4.